The van der Waals surface area contributed by atoms with Crippen LogP contribution in [-0.2, 0) is 11.0 Å². The van der Waals surface area contributed by atoms with E-state index >= 15 is 0 Å². The fourth-order valence-electron chi connectivity index (χ4n) is 3.15. The van der Waals surface area contributed by atoms with E-state index in [-0.39, 0.29) is 11.5 Å². The molecule has 2 aromatic rings. The highest BCUT2D eigenvalue weighted by Crippen LogP contribution is 2.30. The highest BCUT2D eigenvalue weighted by Gasteiger charge is 2.31. The molecule has 3 rings (SSSR count). The lowest BCUT2D eigenvalue weighted by Crippen LogP contribution is -2.48. The van der Waals surface area contributed by atoms with E-state index < -0.39 is 17.6 Å². The fourth-order valence-corrected chi connectivity index (χ4v) is 3.15. The van der Waals surface area contributed by atoms with Crippen LogP contribution in [0.25, 0.3) is 0 Å². The van der Waals surface area contributed by atoms with Gasteiger partial charge in [-0.1, -0.05) is 18.2 Å². The molecular weight excluding hydrogens is 371 g/mol. The van der Waals surface area contributed by atoms with Gasteiger partial charge in [0.15, 0.2) is 0 Å². The number of nitrogens with one attached hydrogen (secondary N) is 1. The molecule has 1 saturated heterocycles. The molecule has 1 heterocycles. The van der Waals surface area contributed by atoms with Crippen LogP contribution in [0.1, 0.15) is 22.8 Å². The van der Waals surface area contributed by atoms with Gasteiger partial charge in [-0.25, -0.2) is 0 Å². The Balaban J connectivity index is 1.77. The van der Waals surface area contributed by atoms with Crippen molar-refractivity contribution in [2.75, 3.05) is 36.4 Å². The number of rotatable bonds is 3. The summed E-state index contributed by atoms with van der Waals surface area (Å²) in [5.74, 6) is -0.591. The van der Waals surface area contributed by atoms with Crippen LogP contribution >= 0.6 is 0 Å². The minimum Gasteiger partial charge on any atom is -0.366 e. The van der Waals surface area contributed by atoms with Crippen LogP contribution in [0.2, 0.25) is 0 Å². The molecule has 148 valence electrons. The first-order valence-electron chi connectivity index (χ1n) is 8.84. The Kier molecular flexibility index (Phi) is 5.58. The van der Waals surface area contributed by atoms with Crippen LogP contribution in [0.3, 0.4) is 0 Å². The monoisotopic (exact) mass is 391 g/mol. The van der Waals surface area contributed by atoms with Gasteiger partial charge in [-0.2, -0.15) is 13.2 Å². The minimum absolute atomic E-state index is 0.0192. The quantitative estimate of drug-likeness (QED) is 0.870. The van der Waals surface area contributed by atoms with Crippen LogP contribution in [0, 0.1) is 0 Å². The predicted octanol–water partition coefficient (Wildman–Crippen LogP) is 3.63. The number of anilines is 2. The molecule has 2 aromatic carbocycles. The standard InChI is InChI=1S/C20H20F3N3O2/c1-14(27)25-9-11-26(12-10-25)18-8-3-2-7-17(18)24-19(28)15-5-4-6-16(13-15)20(21,22)23/h2-8,13H,9-12H2,1H3,(H,24,28). The van der Waals surface area contributed by atoms with E-state index in [1.807, 2.05) is 17.0 Å². The van der Waals surface area contributed by atoms with E-state index in [2.05, 4.69) is 5.32 Å². The third-order valence-corrected chi connectivity index (χ3v) is 4.67. The summed E-state index contributed by atoms with van der Waals surface area (Å²) < 4.78 is 38.7. The van der Waals surface area contributed by atoms with Gasteiger partial charge in [0.1, 0.15) is 0 Å². The molecule has 1 N–H and O–H groups in total. The van der Waals surface area contributed by atoms with E-state index in [1.54, 1.807) is 17.0 Å². The number of carbonyl (C=O) groups excluding carboxylic acids is 2. The number of piperazine rings is 1. The van der Waals surface area contributed by atoms with Crippen LogP contribution in [0.4, 0.5) is 24.5 Å². The number of nitrogens with zero attached hydrogens (tertiary/aromatic N) is 2. The van der Waals surface area contributed by atoms with Crippen molar-refractivity contribution in [3.05, 3.63) is 59.7 Å². The second kappa shape index (κ2) is 7.92. The third-order valence-electron chi connectivity index (χ3n) is 4.67. The summed E-state index contributed by atoms with van der Waals surface area (Å²) >= 11 is 0. The SMILES string of the molecule is CC(=O)N1CCN(c2ccccc2NC(=O)c2cccc(C(F)(F)F)c2)CC1. The van der Waals surface area contributed by atoms with Gasteiger partial charge in [0, 0.05) is 38.7 Å². The zero-order valence-electron chi connectivity index (χ0n) is 15.3. The van der Waals surface area contributed by atoms with Gasteiger partial charge in [0.2, 0.25) is 5.91 Å². The van der Waals surface area contributed by atoms with Gasteiger partial charge in [0.25, 0.3) is 5.91 Å². The van der Waals surface area contributed by atoms with E-state index in [4.69, 9.17) is 0 Å². The number of hydrogen-bond donors (Lipinski definition) is 1. The van der Waals surface area contributed by atoms with Crippen molar-refractivity contribution in [1.29, 1.82) is 0 Å². The van der Waals surface area contributed by atoms with E-state index in [0.717, 1.165) is 17.8 Å². The highest BCUT2D eigenvalue weighted by atomic mass is 19.4. The van der Waals surface area contributed by atoms with Crippen molar-refractivity contribution < 1.29 is 22.8 Å². The molecule has 0 saturated carbocycles. The molecule has 0 aliphatic carbocycles. The maximum absolute atomic E-state index is 12.9. The second-order valence-corrected chi connectivity index (χ2v) is 6.54. The molecule has 5 nitrogen and oxygen atoms in total. The summed E-state index contributed by atoms with van der Waals surface area (Å²) in [6.07, 6.45) is -4.51. The number of amides is 2. The Morgan fingerprint density at radius 2 is 1.64 bits per heavy atom. The van der Waals surface area contributed by atoms with Crippen molar-refractivity contribution in [3.63, 3.8) is 0 Å². The lowest BCUT2D eigenvalue weighted by molar-refractivity contribution is -0.137. The molecule has 2 amide bonds. The summed E-state index contributed by atoms with van der Waals surface area (Å²) in [6, 6.07) is 11.4. The summed E-state index contributed by atoms with van der Waals surface area (Å²) in [5, 5.41) is 2.71. The van der Waals surface area contributed by atoms with Crippen molar-refractivity contribution in [3.8, 4) is 0 Å². The topological polar surface area (TPSA) is 52.7 Å². The number of halogens is 3. The Hall–Kier alpha value is -3.03. The Bertz CT molecular complexity index is 875. The highest BCUT2D eigenvalue weighted by molar-refractivity contribution is 6.06. The Morgan fingerprint density at radius 1 is 0.964 bits per heavy atom. The molecule has 1 aliphatic rings. The van der Waals surface area contributed by atoms with Crippen LogP contribution in [0.5, 0.6) is 0 Å². The summed E-state index contributed by atoms with van der Waals surface area (Å²) in [4.78, 5) is 27.8. The first kappa shape index (κ1) is 19.7. The lowest BCUT2D eigenvalue weighted by atomic mass is 10.1. The maximum Gasteiger partial charge on any atom is 0.416 e. The predicted molar refractivity (Wildman–Crippen MR) is 100 cm³/mol. The van der Waals surface area contributed by atoms with Crippen LogP contribution < -0.4 is 10.2 Å². The summed E-state index contributed by atoms with van der Waals surface area (Å²) in [7, 11) is 0. The molecule has 0 bridgehead atoms. The van der Waals surface area contributed by atoms with Gasteiger partial charge in [-0.15, -0.1) is 0 Å². The van der Waals surface area contributed by atoms with E-state index in [1.165, 1.54) is 19.1 Å². The fraction of sp³-hybridized carbons (Fsp3) is 0.300. The number of benzene rings is 2. The zero-order valence-corrected chi connectivity index (χ0v) is 15.3. The van der Waals surface area contributed by atoms with Gasteiger partial charge in [-0.05, 0) is 30.3 Å². The Labute approximate surface area is 160 Å². The minimum atomic E-state index is -4.51. The van der Waals surface area contributed by atoms with E-state index in [0.29, 0.717) is 31.9 Å². The molecule has 0 aromatic heterocycles. The van der Waals surface area contributed by atoms with Crippen molar-refractivity contribution in [2.45, 2.75) is 13.1 Å². The summed E-state index contributed by atoms with van der Waals surface area (Å²) in [5.41, 5.74) is 0.354. The average molecular weight is 391 g/mol. The smallest absolute Gasteiger partial charge is 0.366 e. The second-order valence-electron chi connectivity index (χ2n) is 6.54. The molecule has 0 spiro atoms. The Morgan fingerprint density at radius 3 is 2.29 bits per heavy atom. The molecule has 0 radical (unpaired) electrons. The number of carbonyl (C=O) groups is 2. The molecule has 0 atom stereocenters. The summed E-state index contributed by atoms with van der Waals surface area (Å²) in [6.45, 7) is 3.89. The largest absolute Gasteiger partial charge is 0.416 e. The van der Waals surface area contributed by atoms with Crippen LogP contribution in [-0.4, -0.2) is 42.9 Å². The maximum atomic E-state index is 12.9. The first-order chi connectivity index (χ1) is 13.3. The zero-order chi connectivity index (χ0) is 20.3. The van der Waals surface area contributed by atoms with Crippen molar-refractivity contribution in [1.82, 2.24) is 4.90 Å². The molecule has 28 heavy (non-hydrogen) atoms. The van der Waals surface area contributed by atoms with Crippen molar-refractivity contribution in [2.24, 2.45) is 0 Å². The van der Waals surface area contributed by atoms with Gasteiger partial charge in [-0.3, -0.25) is 9.59 Å². The van der Waals surface area contributed by atoms with Gasteiger partial charge < -0.3 is 15.1 Å². The first-order valence-corrected chi connectivity index (χ1v) is 8.84. The normalized spacial score (nSPS) is 14.7. The molecule has 0 unspecified atom stereocenters. The van der Waals surface area contributed by atoms with Crippen LogP contribution in [0.15, 0.2) is 48.5 Å². The molecule has 1 fully saturated rings. The number of para-hydroxylation sites is 2. The number of hydrogen-bond acceptors (Lipinski definition) is 3. The average Bonchev–Trinajstić information content (AvgIpc) is 2.68. The van der Waals surface area contributed by atoms with E-state index in [9.17, 15) is 22.8 Å². The lowest BCUT2D eigenvalue weighted by Gasteiger charge is -2.36. The number of alkyl halides is 3. The molecular formula is C20H20F3N3O2. The molecule has 8 heteroatoms. The van der Waals surface area contributed by atoms with Crippen molar-refractivity contribution >= 4 is 23.2 Å². The van der Waals surface area contributed by atoms with Gasteiger partial charge in [0.05, 0.1) is 16.9 Å². The third kappa shape index (κ3) is 4.44. The molecule has 1 aliphatic heterocycles. The van der Waals surface area contributed by atoms with Gasteiger partial charge >= 0.3 is 6.18 Å².